The number of amides is 1. The Hall–Kier alpha value is -4.17. The number of para-hydroxylation sites is 1. The number of hydrogen-bond donors (Lipinski definition) is 1. The summed E-state index contributed by atoms with van der Waals surface area (Å²) in [6, 6.07) is 19.6. The molecule has 0 bridgehead atoms. The van der Waals surface area contributed by atoms with Gasteiger partial charge in [0.1, 0.15) is 23.1 Å². The molecule has 3 aromatic heterocycles. The normalized spacial score (nSPS) is 12.1. The number of nitrogens with zero attached hydrogens (tertiary/aromatic N) is 3. The average Bonchev–Trinajstić information content (AvgIpc) is 3.43. The molecule has 0 saturated heterocycles. The zero-order valence-electron chi connectivity index (χ0n) is 19.0. The van der Waals surface area contributed by atoms with E-state index in [1.54, 1.807) is 0 Å². The smallest absolute Gasteiger partial charge is 0.212 e. The molecule has 1 aliphatic carbocycles. The van der Waals surface area contributed by atoms with Crippen LogP contribution in [0.2, 0.25) is 0 Å². The number of rotatable bonds is 7. The molecule has 8 heteroatoms. The summed E-state index contributed by atoms with van der Waals surface area (Å²) in [5.41, 5.74) is 6.15. The third-order valence-corrected chi connectivity index (χ3v) is 7.18. The number of carbonyl (C=O) groups excluding carboxylic acids is 1. The van der Waals surface area contributed by atoms with Gasteiger partial charge in [-0.2, -0.15) is 5.10 Å². The number of aryl methyl sites for hydroxylation is 2. The third kappa shape index (κ3) is 4.02. The van der Waals surface area contributed by atoms with Crippen LogP contribution in [0.25, 0.3) is 22.2 Å². The molecule has 5 aromatic rings. The van der Waals surface area contributed by atoms with Gasteiger partial charge in [-0.25, -0.2) is 4.98 Å². The number of fused-ring (bicyclic) bond motifs is 4. The van der Waals surface area contributed by atoms with Gasteiger partial charge in [-0.3, -0.25) is 9.48 Å². The highest BCUT2D eigenvalue weighted by Gasteiger charge is 2.29. The molecule has 2 aromatic carbocycles. The van der Waals surface area contributed by atoms with Crippen molar-refractivity contribution in [3.63, 3.8) is 0 Å². The Balaban J connectivity index is 1.21. The molecule has 1 N–H and O–H groups in total. The van der Waals surface area contributed by atoms with Crippen LogP contribution in [0.1, 0.15) is 16.8 Å². The van der Waals surface area contributed by atoms with Crippen molar-refractivity contribution in [2.75, 3.05) is 5.32 Å². The van der Waals surface area contributed by atoms with Gasteiger partial charge in [0.25, 0.3) is 0 Å². The van der Waals surface area contributed by atoms with Crippen molar-refractivity contribution >= 4 is 33.7 Å². The number of ether oxygens (including phenoxy) is 2. The number of aromatic nitrogens is 3. The number of hydrogen-bond acceptors (Lipinski definition) is 6. The number of carbonyl (C=O) groups is 1. The number of nitrogens with one attached hydrogen (secondary N) is 1. The molecule has 0 aliphatic heterocycles. The van der Waals surface area contributed by atoms with Crippen LogP contribution >= 0.6 is 11.3 Å². The van der Waals surface area contributed by atoms with Crippen molar-refractivity contribution in [1.29, 1.82) is 0 Å². The maximum atomic E-state index is 11.2. The van der Waals surface area contributed by atoms with E-state index >= 15 is 0 Å². The lowest BCUT2D eigenvalue weighted by atomic mass is 9.93. The Kier molecular flexibility index (Phi) is 5.42. The van der Waals surface area contributed by atoms with Crippen LogP contribution in [0, 0.1) is 0 Å². The second kappa shape index (κ2) is 8.88. The molecule has 0 unspecified atom stereocenters. The van der Waals surface area contributed by atoms with Gasteiger partial charge in [-0.1, -0.05) is 35.6 Å². The van der Waals surface area contributed by atoms with E-state index in [9.17, 15) is 4.79 Å². The van der Waals surface area contributed by atoms with Crippen LogP contribution in [-0.2, 0) is 31.3 Å². The standard InChI is InChI=1S/C27H22N4O3S/c1-31-25-18(14-29-31)7-13-22-24(25)27(35-26(22)28-16-32)34-21-11-9-20(10-12-21)33-15-19-8-6-17-4-2-3-5-23(17)30-19/h2-6,8-12,14,16H,7,13,15H2,1H3,(H,28,32). The summed E-state index contributed by atoms with van der Waals surface area (Å²) < 4.78 is 14.1. The minimum Gasteiger partial charge on any atom is -0.487 e. The van der Waals surface area contributed by atoms with E-state index in [1.807, 2.05) is 72.5 Å². The monoisotopic (exact) mass is 482 g/mol. The Bertz CT molecular complexity index is 1540. The third-order valence-electron chi connectivity index (χ3n) is 6.14. The van der Waals surface area contributed by atoms with Crippen LogP contribution in [0.5, 0.6) is 16.6 Å². The predicted octanol–water partition coefficient (Wildman–Crippen LogP) is 5.74. The van der Waals surface area contributed by atoms with Crippen LogP contribution in [0.3, 0.4) is 0 Å². The molecule has 3 heterocycles. The Morgan fingerprint density at radius 1 is 1.06 bits per heavy atom. The second-order valence-electron chi connectivity index (χ2n) is 8.33. The van der Waals surface area contributed by atoms with E-state index < -0.39 is 0 Å². The summed E-state index contributed by atoms with van der Waals surface area (Å²) >= 11 is 1.44. The maximum absolute atomic E-state index is 11.2. The summed E-state index contributed by atoms with van der Waals surface area (Å²) in [6.45, 7) is 0.382. The second-order valence-corrected chi connectivity index (χ2v) is 9.32. The van der Waals surface area contributed by atoms with Crippen molar-refractivity contribution in [2.45, 2.75) is 19.4 Å². The summed E-state index contributed by atoms with van der Waals surface area (Å²) in [6.07, 6.45) is 4.34. The van der Waals surface area contributed by atoms with Gasteiger partial charge in [0.2, 0.25) is 6.41 Å². The SMILES string of the molecule is Cn1ncc2c1-c1c(Oc3ccc(OCc4ccc5ccccc5n4)cc3)sc(NC=O)c1CC2. The molecule has 6 rings (SSSR count). The Labute approximate surface area is 206 Å². The zero-order chi connectivity index (χ0) is 23.8. The molecule has 0 saturated carbocycles. The number of pyridine rings is 1. The molecule has 0 spiro atoms. The predicted molar refractivity (Wildman–Crippen MR) is 136 cm³/mol. The molecule has 0 fully saturated rings. The lowest BCUT2D eigenvalue weighted by Gasteiger charge is -2.16. The van der Waals surface area contributed by atoms with E-state index in [2.05, 4.69) is 21.5 Å². The highest BCUT2D eigenvalue weighted by Crippen LogP contribution is 2.50. The molecule has 7 nitrogen and oxygen atoms in total. The van der Waals surface area contributed by atoms with Gasteiger partial charge in [0.15, 0.2) is 5.06 Å². The van der Waals surface area contributed by atoms with E-state index in [4.69, 9.17) is 9.47 Å². The van der Waals surface area contributed by atoms with Crippen molar-refractivity contribution in [1.82, 2.24) is 14.8 Å². The van der Waals surface area contributed by atoms with Crippen molar-refractivity contribution in [2.24, 2.45) is 7.05 Å². The average molecular weight is 483 g/mol. The number of anilines is 1. The minimum atomic E-state index is 0.382. The van der Waals surface area contributed by atoms with E-state index in [1.165, 1.54) is 16.9 Å². The maximum Gasteiger partial charge on any atom is 0.212 e. The molecule has 35 heavy (non-hydrogen) atoms. The molecule has 174 valence electrons. The lowest BCUT2D eigenvalue weighted by molar-refractivity contribution is -0.105. The minimum absolute atomic E-state index is 0.382. The van der Waals surface area contributed by atoms with Crippen LogP contribution in [0.4, 0.5) is 5.00 Å². The van der Waals surface area contributed by atoms with Crippen LogP contribution in [0.15, 0.2) is 66.9 Å². The van der Waals surface area contributed by atoms with Gasteiger partial charge >= 0.3 is 0 Å². The Morgan fingerprint density at radius 2 is 1.89 bits per heavy atom. The first-order valence-corrected chi connectivity index (χ1v) is 12.1. The lowest BCUT2D eigenvalue weighted by Crippen LogP contribution is -2.06. The number of thiophene rings is 1. The summed E-state index contributed by atoms with van der Waals surface area (Å²) in [7, 11) is 1.93. The Morgan fingerprint density at radius 3 is 2.74 bits per heavy atom. The van der Waals surface area contributed by atoms with Gasteiger partial charge < -0.3 is 14.8 Å². The fraction of sp³-hybridized carbons (Fsp3) is 0.148. The summed E-state index contributed by atoms with van der Waals surface area (Å²) in [5.74, 6) is 1.43. The van der Waals surface area contributed by atoms with Crippen LogP contribution < -0.4 is 14.8 Å². The zero-order valence-corrected chi connectivity index (χ0v) is 19.8. The van der Waals surface area contributed by atoms with Crippen LogP contribution in [-0.4, -0.2) is 21.2 Å². The molecular weight excluding hydrogens is 460 g/mol. The first-order valence-electron chi connectivity index (χ1n) is 11.3. The molecular formula is C27H22N4O3S. The topological polar surface area (TPSA) is 78.3 Å². The summed E-state index contributed by atoms with van der Waals surface area (Å²) in [5, 5.41) is 9.94. The fourth-order valence-corrected chi connectivity index (χ4v) is 5.55. The molecule has 0 atom stereocenters. The van der Waals surface area contributed by atoms with E-state index in [-0.39, 0.29) is 0 Å². The van der Waals surface area contributed by atoms with E-state index in [0.29, 0.717) is 18.8 Å². The van der Waals surface area contributed by atoms with E-state index in [0.717, 1.165) is 62.1 Å². The van der Waals surface area contributed by atoms with Crippen molar-refractivity contribution in [3.8, 4) is 27.8 Å². The molecule has 0 radical (unpaired) electrons. The van der Waals surface area contributed by atoms with Gasteiger partial charge in [-0.05, 0) is 54.8 Å². The van der Waals surface area contributed by atoms with Gasteiger partial charge in [-0.15, -0.1) is 0 Å². The highest BCUT2D eigenvalue weighted by atomic mass is 32.1. The number of benzene rings is 2. The largest absolute Gasteiger partial charge is 0.487 e. The molecule has 1 aliphatic rings. The summed E-state index contributed by atoms with van der Waals surface area (Å²) in [4.78, 5) is 15.8. The first-order chi connectivity index (χ1) is 17.2. The molecule has 1 amide bonds. The van der Waals surface area contributed by atoms with Crippen molar-refractivity contribution in [3.05, 3.63) is 83.7 Å². The van der Waals surface area contributed by atoms with Crippen molar-refractivity contribution < 1.29 is 14.3 Å². The fourth-order valence-electron chi connectivity index (χ4n) is 4.47. The highest BCUT2D eigenvalue weighted by molar-refractivity contribution is 7.18. The van der Waals surface area contributed by atoms with Gasteiger partial charge in [0.05, 0.1) is 28.7 Å². The van der Waals surface area contributed by atoms with Gasteiger partial charge in [0, 0.05) is 18.0 Å². The first kappa shape index (κ1) is 21.4. The quantitative estimate of drug-likeness (QED) is 0.300.